The summed E-state index contributed by atoms with van der Waals surface area (Å²) in [6.07, 6.45) is 6.95. The van der Waals surface area contributed by atoms with Gasteiger partial charge in [0, 0.05) is 18.5 Å². The lowest BCUT2D eigenvalue weighted by Crippen LogP contribution is -2.38. The summed E-state index contributed by atoms with van der Waals surface area (Å²) in [5.41, 5.74) is 1.48. The summed E-state index contributed by atoms with van der Waals surface area (Å²) in [5, 5.41) is 6.81. The largest absolute Gasteiger partial charge is 0.454 e. The Hall–Kier alpha value is -0.830. The predicted octanol–water partition coefficient (Wildman–Crippen LogP) is 3.76. The zero-order chi connectivity index (χ0) is 17.5. The van der Waals surface area contributed by atoms with E-state index in [1.165, 1.54) is 37.0 Å². The van der Waals surface area contributed by atoms with Crippen molar-refractivity contribution in [1.29, 1.82) is 0 Å². The second kappa shape index (κ2) is 10.5. The van der Waals surface area contributed by atoms with Crippen molar-refractivity contribution in [2.75, 3.05) is 38.4 Å². The smallest absolute Gasteiger partial charge is 0.231 e. The van der Waals surface area contributed by atoms with Crippen LogP contribution in [0.15, 0.2) is 23.2 Å². The van der Waals surface area contributed by atoms with Gasteiger partial charge in [-0.1, -0.05) is 6.07 Å². The second-order valence-corrected chi connectivity index (χ2v) is 7.66. The van der Waals surface area contributed by atoms with Crippen LogP contribution in [0.25, 0.3) is 0 Å². The number of nitrogens with one attached hydrogen (secondary N) is 2. The highest BCUT2D eigenvalue weighted by molar-refractivity contribution is 14.0. The van der Waals surface area contributed by atoms with Crippen molar-refractivity contribution < 1.29 is 9.47 Å². The van der Waals surface area contributed by atoms with Crippen molar-refractivity contribution in [2.24, 2.45) is 4.99 Å². The van der Waals surface area contributed by atoms with Crippen LogP contribution in [-0.4, -0.2) is 44.4 Å². The van der Waals surface area contributed by atoms with Crippen LogP contribution in [0.4, 0.5) is 0 Å². The summed E-state index contributed by atoms with van der Waals surface area (Å²) in [6, 6.07) is 6.32. The Morgan fingerprint density at radius 2 is 2.00 bits per heavy atom. The first-order valence-electron chi connectivity index (χ1n) is 9.19. The Balaban J connectivity index is 0.00000243. The van der Waals surface area contributed by atoms with Crippen LogP contribution in [0.1, 0.15) is 38.2 Å². The summed E-state index contributed by atoms with van der Waals surface area (Å²) in [6.45, 7) is 5.11. The number of rotatable bonds is 9. The van der Waals surface area contributed by atoms with Crippen LogP contribution >= 0.6 is 35.7 Å². The van der Waals surface area contributed by atoms with Gasteiger partial charge in [-0.15, -0.1) is 24.0 Å². The zero-order valence-electron chi connectivity index (χ0n) is 15.7. The maximum atomic E-state index is 5.53. The monoisotopic (exact) mass is 491 g/mol. The Morgan fingerprint density at radius 3 is 2.73 bits per heavy atom. The molecule has 7 heteroatoms. The van der Waals surface area contributed by atoms with E-state index in [1.807, 2.05) is 17.8 Å². The van der Waals surface area contributed by atoms with Gasteiger partial charge in [0.25, 0.3) is 0 Å². The van der Waals surface area contributed by atoms with E-state index in [2.05, 4.69) is 35.9 Å². The number of benzene rings is 1. The molecule has 1 saturated carbocycles. The van der Waals surface area contributed by atoms with Gasteiger partial charge in [-0.05, 0) is 62.3 Å². The van der Waals surface area contributed by atoms with Crippen molar-refractivity contribution in [3.8, 4) is 11.5 Å². The highest BCUT2D eigenvalue weighted by Crippen LogP contribution is 2.50. The third-order valence-corrected chi connectivity index (χ3v) is 5.49. The lowest BCUT2D eigenvalue weighted by Gasteiger charge is -2.16. The summed E-state index contributed by atoms with van der Waals surface area (Å²) in [4.78, 5) is 4.85. The predicted molar refractivity (Wildman–Crippen MR) is 120 cm³/mol. The molecule has 5 nitrogen and oxygen atoms in total. The summed E-state index contributed by atoms with van der Waals surface area (Å²) in [5.74, 6) is 3.87. The average Bonchev–Trinajstić information content (AvgIpc) is 3.27. The van der Waals surface area contributed by atoms with Gasteiger partial charge in [0.2, 0.25) is 6.79 Å². The van der Waals surface area contributed by atoms with E-state index >= 15 is 0 Å². The molecule has 26 heavy (non-hydrogen) atoms. The third kappa shape index (κ3) is 5.58. The molecule has 2 N–H and O–H groups in total. The van der Waals surface area contributed by atoms with Crippen LogP contribution in [-0.2, 0) is 5.41 Å². The molecule has 0 spiro atoms. The first kappa shape index (κ1) is 21.5. The summed E-state index contributed by atoms with van der Waals surface area (Å²) >= 11 is 1.91. The van der Waals surface area contributed by atoms with Gasteiger partial charge < -0.3 is 20.1 Å². The topological polar surface area (TPSA) is 54.9 Å². The van der Waals surface area contributed by atoms with E-state index in [4.69, 9.17) is 14.5 Å². The molecule has 0 atom stereocenters. The normalized spacial score (nSPS) is 16.8. The fraction of sp³-hybridized carbons (Fsp3) is 0.632. The van der Waals surface area contributed by atoms with Crippen LogP contribution in [0.5, 0.6) is 11.5 Å². The molecule has 1 aromatic carbocycles. The zero-order valence-corrected chi connectivity index (χ0v) is 18.8. The number of hydrogen-bond acceptors (Lipinski definition) is 4. The number of unbranched alkanes of at least 4 members (excludes halogenated alkanes) is 1. The molecular weight excluding hydrogens is 461 g/mol. The van der Waals surface area contributed by atoms with Crippen LogP contribution in [0.2, 0.25) is 0 Å². The molecule has 1 fully saturated rings. The third-order valence-electron chi connectivity index (χ3n) is 4.79. The first-order valence-corrected chi connectivity index (χ1v) is 10.6. The number of nitrogens with zero attached hydrogens (tertiary/aromatic N) is 1. The minimum atomic E-state index is 0. The molecule has 0 aromatic heterocycles. The molecule has 0 unspecified atom stereocenters. The van der Waals surface area contributed by atoms with Gasteiger partial charge >= 0.3 is 0 Å². The molecular formula is C19H30IN3O2S. The maximum absolute atomic E-state index is 5.53. The number of ether oxygens (including phenoxy) is 2. The number of thioether (sulfide) groups is 1. The Morgan fingerprint density at radius 1 is 1.19 bits per heavy atom. The molecule has 0 saturated heterocycles. The lowest BCUT2D eigenvalue weighted by atomic mass is 9.96. The molecule has 2 aliphatic rings. The number of guanidine groups is 1. The lowest BCUT2D eigenvalue weighted by molar-refractivity contribution is 0.174. The van der Waals surface area contributed by atoms with Gasteiger partial charge in [0.1, 0.15) is 0 Å². The number of aliphatic imine (C=N–C) groups is 1. The van der Waals surface area contributed by atoms with Gasteiger partial charge in [0.05, 0.1) is 6.54 Å². The summed E-state index contributed by atoms with van der Waals surface area (Å²) in [7, 11) is 0. The Kier molecular flexibility index (Phi) is 8.66. The second-order valence-electron chi connectivity index (χ2n) is 6.67. The van der Waals surface area contributed by atoms with Crippen molar-refractivity contribution in [3.05, 3.63) is 23.8 Å². The average molecular weight is 491 g/mol. The molecule has 1 aliphatic carbocycles. The number of halogens is 1. The van der Waals surface area contributed by atoms with Gasteiger partial charge in [-0.2, -0.15) is 11.8 Å². The number of fused-ring (bicyclic) bond motifs is 1. The van der Waals surface area contributed by atoms with E-state index in [9.17, 15) is 0 Å². The van der Waals surface area contributed by atoms with E-state index in [0.717, 1.165) is 37.1 Å². The molecule has 1 heterocycles. The highest BCUT2D eigenvalue weighted by Gasteiger charge is 2.44. The van der Waals surface area contributed by atoms with E-state index in [-0.39, 0.29) is 29.4 Å². The highest BCUT2D eigenvalue weighted by atomic mass is 127. The SMILES string of the molecule is CCNC(=NCC1(c2ccc3c(c2)OCO3)CC1)NCCCCSC.I. The van der Waals surface area contributed by atoms with Gasteiger partial charge in [0.15, 0.2) is 17.5 Å². The molecule has 0 amide bonds. The molecule has 1 aromatic rings. The van der Waals surface area contributed by atoms with Crippen molar-refractivity contribution in [2.45, 2.75) is 38.0 Å². The Bertz CT molecular complexity index is 608. The fourth-order valence-electron chi connectivity index (χ4n) is 3.07. The molecule has 3 rings (SSSR count). The van der Waals surface area contributed by atoms with Gasteiger partial charge in [-0.25, -0.2) is 0 Å². The van der Waals surface area contributed by atoms with Crippen molar-refractivity contribution in [1.82, 2.24) is 10.6 Å². The molecule has 146 valence electrons. The number of hydrogen-bond donors (Lipinski definition) is 2. The van der Waals surface area contributed by atoms with Crippen molar-refractivity contribution in [3.63, 3.8) is 0 Å². The minimum absolute atomic E-state index is 0. The standard InChI is InChI=1S/C19H29N3O2S.HI/c1-3-20-18(21-10-4-5-11-25-2)22-13-19(8-9-19)15-6-7-16-17(12-15)24-14-23-16;/h6-7,12H,3-5,8-11,13-14H2,1-2H3,(H2,20,21,22);1H. The maximum Gasteiger partial charge on any atom is 0.231 e. The van der Waals surface area contributed by atoms with E-state index < -0.39 is 0 Å². The van der Waals surface area contributed by atoms with E-state index in [1.54, 1.807) is 0 Å². The molecule has 0 radical (unpaired) electrons. The van der Waals surface area contributed by atoms with Gasteiger partial charge in [-0.3, -0.25) is 4.99 Å². The molecule has 0 bridgehead atoms. The summed E-state index contributed by atoms with van der Waals surface area (Å²) < 4.78 is 10.9. The minimum Gasteiger partial charge on any atom is -0.454 e. The fourth-order valence-corrected chi connectivity index (χ4v) is 3.56. The van der Waals surface area contributed by atoms with Crippen LogP contribution < -0.4 is 20.1 Å². The van der Waals surface area contributed by atoms with Crippen LogP contribution in [0.3, 0.4) is 0 Å². The Labute approximate surface area is 178 Å². The quantitative estimate of drug-likeness (QED) is 0.239. The van der Waals surface area contributed by atoms with Crippen molar-refractivity contribution >= 4 is 41.7 Å². The molecule has 1 aliphatic heterocycles. The first-order chi connectivity index (χ1) is 12.3. The van der Waals surface area contributed by atoms with E-state index in [0.29, 0.717) is 6.79 Å². The van der Waals surface area contributed by atoms with Crippen LogP contribution in [0, 0.1) is 0 Å².